The summed E-state index contributed by atoms with van der Waals surface area (Å²) in [6.45, 7) is 4.01. The van der Waals surface area contributed by atoms with Gasteiger partial charge in [-0.3, -0.25) is 4.79 Å². The van der Waals surface area contributed by atoms with E-state index >= 15 is 0 Å². The van der Waals surface area contributed by atoms with E-state index in [0.29, 0.717) is 12.4 Å². The van der Waals surface area contributed by atoms with Crippen molar-refractivity contribution >= 4 is 11.7 Å². The normalized spacial score (nSPS) is 9.55. The average Bonchev–Trinajstić information content (AvgIpc) is 2.36. The molecule has 1 amide bonds. The molecule has 0 aliphatic carbocycles. The fourth-order valence-corrected chi connectivity index (χ4v) is 0.735. The average molecular weight is 153 g/mol. The Morgan fingerprint density at radius 2 is 2.64 bits per heavy atom. The van der Waals surface area contributed by atoms with E-state index in [1.165, 1.54) is 6.33 Å². The van der Waals surface area contributed by atoms with Crippen molar-refractivity contribution in [3.8, 4) is 0 Å². The number of carbonyl (C=O) groups is 1. The van der Waals surface area contributed by atoms with Gasteiger partial charge in [0.15, 0.2) is 5.82 Å². The van der Waals surface area contributed by atoms with Gasteiger partial charge in [-0.2, -0.15) is 0 Å². The van der Waals surface area contributed by atoms with Crippen LogP contribution in [0.15, 0.2) is 6.33 Å². The van der Waals surface area contributed by atoms with Gasteiger partial charge in [0.1, 0.15) is 5.69 Å². The van der Waals surface area contributed by atoms with Crippen LogP contribution in [0.5, 0.6) is 0 Å². The predicted molar refractivity (Wildman–Crippen MR) is 41.0 cm³/mol. The number of amides is 1. The summed E-state index contributed by atoms with van der Waals surface area (Å²) in [4.78, 5) is 17.1. The summed E-state index contributed by atoms with van der Waals surface area (Å²) in [5, 5.41) is 2.78. The van der Waals surface area contributed by atoms with E-state index in [-0.39, 0.29) is 5.69 Å². The lowest BCUT2D eigenvalue weighted by Gasteiger charge is -1.98. The number of carbonyl (C=O) groups excluding carboxylic acids is 1. The van der Waals surface area contributed by atoms with Gasteiger partial charge < -0.3 is 16.0 Å². The maximum absolute atomic E-state index is 10.6. The molecule has 1 heterocycles. The van der Waals surface area contributed by atoms with Gasteiger partial charge in [-0.15, -0.1) is 0 Å². The molecule has 0 atom stereocenters. The second kappa shape index (κ2) is 3.05. The number of anilines is 1. The predicted octanol–water partition coefficient (Wildman–Crippen LogP) is -0.245. The van der Waals surface area contributed by atoms with Crippen LogP contribution in [0.4, 0.5) is 5.82 Å². The van der Waals surface area contributed by atoms with Crippen molar-refractivity contribution in [1.82, 2.24) is 9.97 Å². The number of nitrogens with zero attached hydrogens (tertiary/aromatic N) is 1. The Morgan fingerprint density at radius 1 is 1.91 bits per heavy atom. The molecule has 0 aliphatic heterocycles. The third-order valence-electron chi connectivity index (χ3n) is 1.18. The quantitative estimate of drug-likeness (QED) is 0.560. The van der Waals surface area contributed by atoms with Gasteiger partial charge in [0.05, 0.1) is 6.33 Å². The second-order valence-electron chi connectivity index (χ2n) is 1.92. The Morgan fingerprint density at radius 3 is 3.18 bits per heavy atom. The summed E-state index contributed by atoms with van der Waals surface area (Å²) in [5.74, 6) is -0.0778. The first-order valence-corrected chi connectivity index (χ1v) is 3.12. The van der Waals surface area contributed by atoms with E-state index in [1.807, 2.05) is 0 Å². The first-order chi connectivity index (χ1) is 5.25. The van der Waals surface area contributed by atoms with Crippen LogP contribution >= 0.6 is 0 Å². The number of hydrogen-bond donors (Lipinski definition) is 3. The van der Waals surface area contributed by atoms with Gasteiger partial charge in [-0.1, -0.05) is 0 Å². The van der Waals surface area contributed by atoms with E-state index in [2.05, 4.69) is 22.2 Å². The number of H-pyrrole nitrogens is 1. The van der Waals surface area contributed by atoms with E-state index in [1.54, 1.807) is 0 Å². The molecular formula is C6H9N4O. The topological polar surface area (TPSA) is 83.8 Å². The fourth-order valence-electron chi connectivity index (χ4n) is 0.735. The van der Waals surface area contributed by atoms with Crippen molar-refractivity contribution in [2.45, 2.75) is 0 Å². The number of rotatable bonds is 3. The van der Waals surface area contributed by atoms with Crippen LogP contribution in [0.25, 0.3) is 0 Å². The molecule has 1 radical (unpaired) electrons. The number of imidazole rings is 1. The van der Waals surface area contributed by atoms with Crippen molar-refractivity contribution in [3.63, 3.8) is 0 Å². The van der Waals surface area contributed by atoms with E-state index < -0.39 is 5.91 Å². The fraction of sp³-hybridized carbons (Fsp3) is 0.167. The van der Waals surface area contributed by atoms with Crippen LogP contribution in [0.3, 0.4) is 0 Å². The highest BCUT2D eigenvalue weighted by Gasteiger charge is 2.08. The summed E-state index contributed by atoms with van der Waals surface area (Å²) in [6.07, 6.45) is 1.40. The Balaban J connectivity index is 2.87. The smallest absolute Gasteiger partial charge is 0.269 e. The highest BCUT2D eigenvalue weighted by atomic mass is 16.1. The highest BCUT2D eigenvalue weighted by molar-refractivity contribution is 5.95. The van der Waals surface area contributed by atoms with Gasteiger partial charge in [-0.25, -0.2) is 4.98 Å². The number of hydrogen-bond acceptors (Lipinski definition) is 3. The van der Waals surface area contributed by atoms with Crippen LogP contribution in [-0.2, 0) is 0 Å². The largest absolute Gasteiger partial charge is 0.368 e. The molecule has 1 rings (SSSR count). The number of nitrogens with two attached hydrogens (primary N) is 1. The van der Waals surface area contributed by atoms with Gasteiger partial charge in [0, 0.05) is 6.54 Å². The van der Waals surface area contributed by atoms with E-state index in [0.717, 1.165) is 0 Å². The molecule has 59 valence electrons. The minimum absolute atomic E-state index is 0.286. The summed E-state index contributed by atoms with van der Waals surface area (Å²) in [6, 6.07) is 0. The molecule has 1 aromatic rings. The van der Waals surface area contributed by atoms with E-state index in [9.17, 15) is 4.79 Å². The molecule has 11 heavy (non-hydrogen) atoms. The Bertz CT molecular complexity index is 255. The lowest BCUT2D eigenvalue weighted by atomic mass is 10.4. The number of aromatic nitrogens is 2. The monoisotopic (exact) mass is 153 g/mol. The van der Waals surface area contributed by atoms with E-state index in [4.69, 9.17) is 5.73 Å². The first-order valence-electron chi connectivity index (χ1n) is 3.12. The van der Waals surface area contributed by atoms with Crippen LogP contribution in [0.2, 0.25) is 0 Å². The number of aromatic amines is 1. The zero-order valence-electron chi connectivity index (χ0n) is 5.92. The molecule has 0 aromatic carbocycles. The molecule has 5 nitrogen and oxygen atoms in total. The summed E-state index contributed by atoms with van der Waals surface area (Å²) in [7, 11) is 0. The molecule has 5 heteroatoms. The molecule has 0 bridgehead atoms. The SMILES string of the molecule is [CH2]CNc1nc[nH]c1C(N)=O. The molecule has 1 aromatic heterocycles. The summed E-state index contributed by atoms with van der Waals surface area (Å²) in [5.41, 5.74) is 5.30. The third-order valence-corrected chi connectivity index (χ3v) is 1.18. The molecule has 0 saturated carbocycles. The first kappa shape index (κ1) is 7.59. The Hall–Kier alpha value is -1.52. The maximum atomic E-state index is 10.6. The molecule has 0 saturated heterocycles. The molecule has 0 spiro atoms. The molecule has 4 N–H and O–H groups in total. The highest BCUT2D eigenvalue weighted by Crippen LogP contribution is 2.06. The van der Waals surface area contributed by atoms with Crippen molar-refractivity contribution in [2.75, 3.05) is 11.9 Å². The van der Waals surface area contributed by atoms with Crippen molar-refractivity contribution < 1.29 is 4.79 Å². The van der Waals surface area contributed by atoms with Crippen molar-refractivity contribution in [3.05, 3.63) is 18.9 Å². The molecule has 0 aliphatic rings. The Labute approximate surface area is 64.0 Å². The van der Waals surface area contributed by atoms with Gasteiger partial charge in [-0.05, 0) is 6.92 Å². The minimum Gasteiger partial charge on any atom is -0.368 e. The lowest BCUT2D eigenvalue weighted by molar-refractivity contribution is 0.0997. The van der Waals surface area contributed by atoms with Crippen molar-refractivity contribution in [1.29, 1.82) is 0 Å². The van der Waals surface area contributed by atoms with Crippen LogP contribution < -0.4 is 11.1 Å². The van der Waals surface area contributed by atoms with Crippen LogP contribution in [-0.4, -0.2) is 22.4 Å². The summed E-state index contributed by atoms with van der Waals surface area (Å²) < 4.78 is 0. The van der Waals surface area contributed by atoms with Gasteiger partial charge >= 0.3 is 0 Å². The van der Waals surface area contributed by atoms with Crippen LogP contribution in [0.1, 0.15) is 10.5 Å². The standard InChI is InChI=1S/C6H9N4O/c1-2-8-6-4(5(7)11)9-3-10-6/h3,8H,1-2H2,(H2,7,11)(H,9,10). The lowest BCUT2D eigenvalue weighted by Crippen LogP contribution is -2.14. The van der Waals surface area contributed by atoms with Gasteiger partial charge in [0.2, 0.25) is 0 Å². The number of primary amides is 1. The van der Waals surface area contributed by atoms with Crippen LogP contribution in [0, 0.1) is 6.92 Å². The second-order valence-corrected chi connectivity index (χ2v) is 1.92. The third kappa shape index (κ3) is 1.49. The summed E-state index contributed by atoms with van der Waals surface area (Å²) >= 11 is 0. The number of nitrogens with one attached hydrogen (secondary N) is 2. The van der Waals surface area contributed by atoms with Gasteiger partial charge in [0.25, 0.3) is 5.91 Å². The zero-order chi connectivity index (χ0) is 8.27. The van der Waals surface area contributed by atoms with Crippen molar-refractivity contribution in [2.24, 2.45) is 5.73 Å². The molecule has 0 fully saturated rings. The maximum Gasteiger partial charge on any atom is 0.269 e. The molecular weight excluding hydrogens is 144 g/mol. The minimum atomic E-state index is -0.529. The zero-order valence-corrected chi connectivity index (χ0v) is 5.92. The Kier molecular flexibility index (Phi) is 2.10. The molecule has 0 unspecified atom stereocenters.